The molecule has 1 atom stereocenters. The quantitative estimate of drug-likeness (QED) is 0.790. The Labute approximate surface area is 84.9 Å². The molecule has 0 bridgehead atoms. The van der Waals surface area contributed by atoms with Crippen molar-refractivity contribution in [1.82, 2.24) is 0 Å². The minimum Gasteiger partial charge on any atom is -0.506 e. The van der Waals surface area contributed by atoms with Gasteiger partial charge in [0.1, 0.15) is 5.75 Å². The van der Waals surface area contributed by atoms with E-state index < -0.39 is 0 Å². The molecule has 0 aromatic heterocycles. The highest BCUT2D eigenvalue weighted by Gasteiger charge is 2.10. The second-order valence-electron chi connectivity index (χ2n) is 2.80. The first kappa shape index (κ1) is 10.0. The summed E-state index contributed by atoms with van der Waals surface area (Å²) < 4.78 is 0.499. The summed E-state index contributed by atoms with van der Waals surface area (Å²) in [6, 6.07) is 4.85. The fourth-order valence-electron chi connectivity index (χ4n) is 1.03. The smallest absolute Gasteiger partial charge is 0.134 e. The van der Waals surface area contributed by atoms with Crippen LogP contribution in [-0.2, 0) is 0 Å². The highest BCUT2D eigenvalue weighted by atomic mass is 79.9. The van der Waals surface area contributed by atoms with Crippen molar-refractivity contribution in [3.63, 3.8) is 0 Å². The highest BCUT2D eigenvalue weighted by Crippen LogP contribution is 2.32. The molecule has 68 valence electrons. The van der Waals surface area contributed by atoms with E-state index in [0.717, 1.165) is 0 Å². The second kappa shape index (κ2) is 3.77. The third-order valence-corrected chi connectivity index (χ3v) is 2.32. The summed E-state index contributed by atoms with van der Waals surface area (Å²) in [4.78, 5) is 0. The van der Waals surface area contributed by atoms with Gasteiger partial charge in [0.15, 0.2) is 0 Å². The first-order valence-corrected chi connectivity index (χ1v) is 4.53. The van der Waals surface area contributed by atoms with E-state index in [0.29, 0.717) is 15.6 Å². The van der Waals surface area contributed by atoms with E-state index in [1.165, 1.54) is 0 Å². The van der Waals surface area contributed by atoms with E-state index in [4.69, 9.17) is 11.0 Å². The molecule has 0 aliphatic heterocycles. The molecule has 0 fully saturated rings. The first-order chi connectivity index (χ1) is 6.06. The Hall–Kier alpha value is -1.05. The van der Waals surface area contributed by atoms with Crippen molar-refractivity contribution in [2.75, 3.05) is 0 Å². The molecule has 0 saturated carbocycles. The SMILES string of the molecule is C[C@@H](N)c1cc(C#N)cc(Br)c1O. The Balaban J connectivity index is 3.35. The molecule has 0 unspecified atom stereocenters. The van der Waals surface area contributed by atoms with Gasteiger partial charge in [-0.2, -0.15) is 5.26 Å². The van der Waals surface area contributed by atoms with Crippen LogP contribution >= 0.6 is 15.9 Å². The summed E-state index contributed by atoms with van der Waals surface area (Å²) in [5.74, 6) is 0.106. The van der Waals surface area contributed by atoms with Crippen LogP contribution in [0, 0.1) is 11.3 Å². The summed E-state index contributed by atoms with van der Waals surface area (Å²) >= 11 is 3.15. The molecule has 0 spiro atoms. The number of phenolic OH excluding ortho intramolecular Hbond substituents is 1. The Morgan fingerprint density at radius 3 is 2.69 bits per heavy atom. The van der Waals surface area contributed by atoms with Crippen LogP contribution in [0.15, 0.2) is 16.6 Å². The Bertz CT molecular complexity index is 369. The summed E-state index contributed by atoms with van der Waals surface area (Å²) in [6.45, 7) is 1.75. The number of nitrogens with two attached hydrogens (primary N) is 1. The molecule has 3 nitrogen and oxygen atoms in total. The van der Waals surface area contributed by atoms with Gasteiger partial charge in [-0.1, -0.05) is 0 Å². The Kier molecular flexibility index (Phi) is 2.91. The van der Waals surface area contributed by atoms with Crippen LogP contribution in [0.5, 0.6) is 5.75 Å². The van der Waals surface area contributed by atoms with E-state index >= 15 is 0 Å². The standard InChI is InChI=1S/C9H9BrN2O/c1-5(12)7-2-6(4-11)3-8(10)9(7)13/h2-3,5,13H,12H2,1H3/t5-/m1/s1. The second-order valence-corrected chi connectivity index (χ2v) is 3.65. The monoisotopic (exact) mass is 240 g/mol. The Morgan fingerprint density at radius 1 is 1.62 bits per heavy atom. The summed E-state index contributed by atoms with van der Waals surface area (Å²) in [7, 11) is 0. The molecule has 1 aromatic carbocycles. The van der Waals surface area contributed by atoms with Gasteiger partial charge in [0.05, 0.1) is 16.1 Å². The van der Waals surface area contributed by atoms with E-state index in [-0.39, 0.29) is 11.8 Å². The Morgan fingerprint density at radius 2 is 2.23 bits per heavy atom. The molecular formula is C9H9BrN2O. The third-order valence-electron chi connectivity index (χ3n) is 1.71. The average Bonchev–Trinajstić information content (AvgIpc) is 2.09. The van der Waals surface area contributed by atoms with Crippen molar-refractivity contribution in [2.24, 2.45) is 5.73 Å². The van der Waals surface area contributed by atoms with Crippen LogP contribution in [0.4, 0.5) is 0 Å². The van der Waals surface area contributed by atoms with Crippen molar-refractivity contribution in [3.8, 4) is 11.8 Å². The maximum Gasteiger partial charge on any atom is 0.134 e. The number of phenols is 1. The average molecular weight is 241 g/mol. The number of benzene rings is 1. The molecule has 0 radical (unpaired) electrons. The van der Waals surface area contributed by atoms with E-state index in [1.54, 1.807) is 19.1 Å². The summed E-state index contributed by atoms with van der Waals surface area (Å²) in [5.41, 5.74) is 6.68. The predicted octanol–water partition coefficient (Wildman–Crippen LogP) is 2.05. The van der Waals surface area contributed by atoms with Crippen molar-refractivity contribution in [3.05, 3.63) is 27.7 Å². The lowest BCUT2D eigenvalue weighted by atomic mass is 10.1. The van der Waals surface area contributed by atoms with Crippen molar-refractivity contribution < 1.29 is 5.11 Å². The van der Waals surface area contributed by atoms with Crippen molar-refractivity contribution in [2.45, 2.75) is 13.0 Å². The van der Waals surface area contributed by atoms with Crippen LogP contribution in [0.3, 0.4) is 0 Å². The number of hydrogen-bond donors (Lipinski definition) is 2. The van der Waals surface area contributed by atoms with Gasteiger partial charge in [0.25, 0.3) is 0 Å². The van der Waals surface area contributed by atoms with E-state index in [1.807, 2.05) is 6.07 Å². The number of rotatable bonds is 1. The minimum absolute atomic E-state index is 0.106. The molecule has 1 aromatic rings. The summed E-state index contributed by atoms with van der Waals surface area (Å²) in [6.07, 6.45) is 0. The maximum absolute atomic E-state index is 9.55. The van der Waals surface area contributed by atoms with Crippen LogP contribution < -0.4 is 5.73 Å². The van der Waals surface area contributed by atoms with Gasteiger partial charge in [-0.25, -0.2) is 0 Å². The van der Waals surface area contributed by atoms with Gasteiger partial charge in [-0.05, 0) is 35.0 Å². The fraction of sp³-hybridized carbons (Fsp3) is 0.222. The molecule has 0 saturated heterocycles. The molecule has 4 heteroatoms. The maximum atomic E-state index is 9.55. The first-order valence-electron chi connectivity index (χ1n) is 3.74. The number of nitriles is 1. The predicted molar refractivity (Wildman–Crippen MR) is 53.1 cm³/mol. The zero-order chi connectivity index (χ0) is 10.0. The molecule has 0 aliphatic rings. The van der Waals surface area contributed by atoms with Gasteiger partial charge in [0.2, 0.25) is 0 Å². The minimum atomic E-state index is -0.287. The van der Waals surface area contributed by atoms with Gasteiger partial charge in [-0.15, -0.1) is 0 Å². The zero-order valence-corrected chi connectivity index (χ0v) is 8.67. The van der Waals surface area contributed by atoms with Crippen molar-refractivity contribution in [1.29, 1.82) is 5.26 Å². The van der Waals surface area contributed by atoms with E-state index in [9.17, 15) is 5.11 Å². The number of halogens is 1. The zero-order valence-electron chi connectivity index (χ0n) is 7.08. The van der Waals surface area contributed by atoms with Gasteiger partial charge in [0, 0.05) is 11.6 Å². The van der Waals surface area contributed by atoms with Gasteiger partial charge >= 0.3 is 0 Å². The normalized spacial score (nSPS) is 12.2. The molecule has 0 aliphatic carbocycles. The summed E-state index contributed by atoms with van der Waals surface area (Å²) in [5, 5.41) is 18.2. The number of nitrogens with zero attached hydrogens (tertiary/aromatic N) is 1. The van der Waals surface area contributed by atoms with Crippen LogP contribution in [0.25, 0.3) is 0 Å². The molecule has 0 amide bonds. The van der Waals surface area contributed by atoms with Crippen LogP contribution in [0.1, 0.15) is 24.1 Å². The lowest BCUT2D eigenvalue weighted by molar-refractivity contribution is 0.460. The largest absolute Gasteiger partial charge is 0.506 e. The van der Waals surface area contributed by atoms with E-state index in [2.05, 4.69) is 15.9 Å². The number of aromatic hydroxyl groups is 1. The molecular weight excluding hydrogens is 232 g/mol. The van der Waals surface area contributed by atoms with Crippen LogP contribution in [0.2, 0.25) is 0 Å². The molecule has 1 rings (SSSR count). The molecule has 0 heterocycles. The lowest BCUT2D eigenvalue weighted by Crippen LogP contribution is -2.05. The van der Waals surface area contributed by atoms with Crippen molar-refractivity contribution >= 4 is 15.9 Å². The van der Waals surface area contributed by atoms with Crippen LogP contribution in [-0.4, -0.2) is 5.11 Å². The topological polar surface area (TPSA) is 70.0 Å². The van der Waals surface area contributed by atoms with Gasteiger partial charge < -0.3 is 10.8 Å². The number of hydrogen-bond acceptors (Lipinski definition) is 3. The lowest BCUT2D eigenvalue weighted by Gasteiger charge is -2.09. The highest BCUT2D eigenvalue weighted by molar-refractivity contribution is 9.10. The van der Waals surface area contributed by atoms with Gasteiger partial charge in [-0.3, -0.25) is 0 Å². The fourth-order valence-corrected chi connectivity index (χ4v) is 1.51. The molecule has 3 N–H and O–H groups in total. The third kappa shape index (κ3) is 2.00. The molecule has 13 heavy (non-hydrogen) atoms.